The Morgan fingerprint density at radius 3 is 2.68 bits per heavy atom. The maximum atomic E-state index is 13.5. The monoisotopic (exact) mass is 299 g/mol. The summed E-state index contributed by atoms with van der Waals surface area (Å²) in [4.78, 5) is 19.3. The van der Waals surface area contributed by atoms with Gasteiger partial charge >= 0.3 is 0 Å². The van der Waals surface area contributed by atoms with Crippen LogP contribution in [0.25, 0.3) is 0 Å². The van der Waals surface area contributed by atoms with Crippen molar-refractivity contribution < 1.29 is 9.18 Å². The highest BCUT2D eigenvalue weighted by Gasteiger charge is 2.12. The summed E-state index contributed by atoms with van der Waals surface area (Å²) in [5.74, 6) is -0.727. The van der Waals surface area contributed by atoms with Gasteiger partial charge < -0.3 is 5.32 Å². The van der Waals surface area contributed by atoms with E-state index in [1.54, 1.807) is 0 Å². The molecule has 1 amide bonds. The number of halogens is 3. The van der Waals surface area contributed by atoms with Crippen LogP contribution in [0.2, 0.25) is 10.2 Å². The highest BCUT2D eigenvalue weighted by Crippen LogP contribution is 2.19. The largest absolute Gasteiger partial charge is 0.309 e. The average Bonchev–Trinajstić information content (AvgIpc) is 2.37. The minimum absolute atomic E-state index is 0.142. The minimum atomic E-state index is -0.523. The number of benzene rings is 1. The lowest BCUT2D eigenvalue weighted by molar-refractivity contribution is -0.115. The maximum Gasteiger partial charge on any atom is 0.230 e. The van der Waals surface area contributed by atoms with Crippen LogP contribution in [0.4, 0.5) is 10.2 Å². The molecule has 0 atom stereocenters. The molecule has 98 valence electrons. The van der Waals surface area contributed by atoms with Crippen LogP contribution in [-0.2, 0) is 11.2 Å². The highest BCUT2D eigenvalue weighted by molar-refractivity contribution is 6.31. The van der Waals surface area contributed by atoms with Crippen LogP contribution < -0.4 is 5.32 Å². The van der Waals surface area contributed by atoms with Gasteiger partial charge in [0.1, 0.15) is 11.0 Å². The fourth-order valence-corrected chi connectivity index (χ4v) is 1.75. The third-order valence-electron chi connectivity index (χ3n) is 2.29. The number of nitrogens with one attached hydrogen (secondary N) is 1. The molecule has 4 nitrogen and oxygen atoms in total. The molecule has 1 heterocycles. The van der Waals surface area contributed by atoms with Crippen molar-refractivity contribution in [1.29, 1.82) is 0 Å². The standard InChI is InChI=1S/C12H8Cl2FN3O/c13-8-2-1-3-9(15)7(8)4-12(19)18-11-6-16-10(14)5-17-11/h1-3,5-6H,4H2,(H,17,18,19). The fourth-order valence-electron chi connectivity index (χ4n) is 1.43. The number of rotatable bonds is 3. The first kappa shape index (κ1) is 13.7. The first-order chi connectivity index (χ1) is 9.06. The van der Waals surface area contributed by atoms with Gasteiger partial charge in [-0.15, -0.1) is 0 Å². The Hall–Kier alpha value is -1.72. The smallest absolute Gasteiger partial charge is 0.230 e. The van der Waals surface area contributed by atoms with Gasteiger partial charge in [-0.1, -0.05) is 29.3 Å². The summed E-state index contributed by atoms with van der Waals surface area (Å²) in [6.45, 7) is 0. The van der Waals surface area contributed by atoms with Crippen molar-refractivity contribution in [1.82, 2.24) is 9.97 Å². The van der Waals surface area contributed by atoms with Crippen LogP contribution in [0, 0.1) is 5.82 Å². The van der Waals surface area contributed by atoms with E-state index in [9.17, 15) is 9.18 Å². The van der Waals surface area contributed by atoms with E-state index in [4.69, 9.17) is 23.2 Å². The Morgan fingerprint density at radius 1 is 1.26 bits per heavy atom. The summed E-state index contributed by atoms with van der Waals surface area (Å²) in [5.41, 5.74) is 0.142. The molecule has 1 aromatic heterocycles. The van der Waals surface area contributed by atoms with Gasteiger partial charge in [0.15, 0.2) is 5.82 Å². The normalized spacial score (nSPS) is 10.3. The van der Waals surface area contributed by atoms with Crippen molar-refractivity contribution >= 4 is 34.9 Å². The van der Waals surface area contributed by atoms with E-state index in [1.165, 1.54) is 30.6 Å². The molecule has 0 saturated heterocycles. The van der Waals surface area contributed by atoms with Crippen LogP contribution in [0.1, 0.15) is 5.56 Å². The molecular formula is C12H8Cl2FN3O. The number of nitrogens with zero attached hydrogens (tertiary/aromatic N) is 2. The van der Waals surface area contributed by atoms with Gasteiger partial charge in [-0.25, -0.2) is 14.4 Å². The topological polar surface area (TPSA) is 54.9 Å². The molecule has 0 spiro atoms. The lowest BCUT2D eigenvalue weighted by atomic mass is 10.1. The van der Waals surface area contributed by atoms with E-state index in [0.717, 1.165) is 0 Å². The molecule has 0 unspecified atom stereocenters. The van der Waals surface area contributed by atoms with Crippen molar-refractivity contribution in [2.45, 2.75) is 6.42 Å². The van der Waals surface area contributed by atoms with Gasteiger partial charge in [-0.2, -0.15) is 0 Å². The number of aromatic nitrogens is 2. The van der Waals surface area contributed by atoms with Crippen molar-refractivity contribution in [3.8, 4) is 0 Å². The molecule has 0 bridgehead atoms. The highest BCUT2D eigenvalue weighted by atomic mass is 35.5. The molecule has 0 aliphatic carbocycles. The Kier molecular flexibility index (Phi) is 4.29. The van der Waals surface area contributed by atoms with Crippen molar-refractivity contribution in [3.05, 3.63) is 52.1 Å². The number of carbonyl (C=O) groups is 1. The fraction of sp³-hybridized carbons (Fsp3) is 0.0833. The van der Waals surface area contributed by atoms with Gasteiger partial charge in [-0.3, -0.25) is 4.79 Å². The lowest BCUT2D eigenvalue weighted by Gasteiger charge is -2.06. The predicted molar refractivity (Wildman–Crippen MR) is 70.8 cm³/mol. The van der Waals surface area contributed by atoms with Crippen LogP contribution in [0.3, 0.4) is 0 Å². The van der Waals surface area contributed by atoms with E-state index in [2.05, 4.69) is 15.3 Å². The Bertz CT molecular complexity index is 584. The molecule has 0 fully saturated rings. The Labute approximate surface area is 118 Å². The predicted octanol–water partition coefficient (Wildman–Crippen LogP) is 3.10. The minimum Gasteiger partial charge on any atom is -0.309 e. The number of amides is 1. The van der Waals surface area contributed by atoms with Crippen molar-refractivity contribution in [2.75, 3.05) is 5.32 Å². The zero-order valence-electron chi connectivity index (χ0n) is 9.53. The number of hydrogen-bond donors (Lipinski definition) is 1. The summed E-state index contributed by atoms with van der Waals surface area (Å²) >= 11 is 11.4. The van der Waals surface area contributed by atoms with E-state index in [-0.39, 0.29) is 28.0 Å². The molecule has 0 radical (unpaired) electrons. The van der Waals surface area contributed by atoms with Crippen LogP contribution in [0.15, 0.2) is 30.6 Å². The van der Waals surface area contributed by atoms with Gasteiger partial charge in [0.2, 0.25) is 5.91 Å². The van der Waals surface area contributed by atoms with Gasteiger partial charge in [0.05, 0.1) is 18.8 Å². The summed E-state index contributed by atoms with van der Waals surface area (Å²) in [5, 5.41) is 2.90. The number of carbonyl (C=O) groups excluding carboxylic acids is 1. The zero-order valence-corrected chi connectivity index (χ0v) is 11.0. The summed E-state index contributed by atoms with van der Waals surface area (Å²) in [6, 6.07) is 4.25. The maximum absolute atomic E-state index is 13.5. The lowest BCUT2D eigenvalue weighted by Crippen LogP contribution is -2.16. The molecule has 19 heavy (non-hydrogen) atoms. The van der Waals surface area contributed by atoms with E-state index in [0.29, 0.717) is 0 Å². The average molecular weight is 300 g/mol. The molecule has 1 N–H and O–H groups in total. The first-order valence-corrected chi connectivity index (χ1v) is 6.02. The first-order valence-electron chi connectivity index (χ1n) is 5.26. The number of anilines is 1. The quantitative estimate of drug-likeness (QED) is 0.947. The van der Waals surface area contributed by atoms with Crippen molar-refractivity contribution in [3.63, 3.8) is 0 Å². The summed E-state index contributed by atoms with van der Waals surface area (Å²) in [6.07, 6.45) is 2.42. The van der Waals surface area contributed by atoms with Gasteiger partial charge in [-0.05, 0) is 12.1 Å². The molecule has 0 saturated carbocycles. The second-order valence-corrected chi connectivity index (χ2v) is 4.44. The molecular weight excluding hydrogens is 292 g/mol. The molecule has 0 aliphatic rings. The van der Waals surface area contributed by atoms with E-state index < -0.39 is 11.7 Å². The van der Waals surface area contributed by atoms with Crippen LogP contribution >= 0.6 is 23.2 Å². The summed E-state index contributed by atoms with van der Waals surface area (Å²) < 4.78 is 13.5. The van der Waals surface area contributed by atoms with E-state index >= 15 is 0 Å². The molecule has 7 heteroatoms. The second-order valence-electron chi connectivity index (χ2n) is 3.65. The SMILES string of the molecule is O=C(Cc1c(F)cccc1Cl)Nc1cnc(Cl)cn1. The molecule has 2 aromatic rings. The Morgan fingerprint density at radius 2 is 2.05 bits per heavy atom. The molecule has 2 rings (SSSR count). The molecule has 1 aromatic carbocycles. The Balaban J connectivity index is 2.07. The zero-order chi connectivity index (χ0) is 13.8. The van der Waals surface area contributed by atoms with Crippen LogP contribution in [-0.4, -0.2) is 15.9 Å². The third-order valence-corrected chi connectivity index (χ3v) is 2.84. The van der Waals surface area contributed by atoms with Crippen LogP contribution in [0.5, 0.6) is 0 Å². The third kappa shape index (κ3) is 3.62. The van der Waals surface area contributed by atoms with Gasteiger partial charge in [0, 0.05) is 10.6 Å². The van der Waals surface area contributed by atoms with Crippen molar-refractivity contribution in [2.24, 2.45) is 0 Å². The second kappa shape index (κ2) is 5.95. The van der Waals surface area contributed by atoms with Gasteiger partial charge in [0.25, 0.3) is 0 Å². The van der Waals surface area contributed by atoms with E-state index in [1.807, 2.05) is 0 Å². The summed E-state index contributed by atoms with van der Waals surface area (Å²) in [7, 11) is 0. The number of hydrogen-bond acceptors (Lipinski definition) is 3. The molecule has 0 aliphatic heterocycles.